The van der Waals surface area contributed by atoms with Gasteiger partial charge in [-0.1, -0.05) is 6.42 Å². The standard InChI is InChI=1S/C19H37N7/c1-15(2)25(16(3)4)13-9-11-21-19(20-5)22-14-18-24-23-17-10-7-6-8-12-26(17)18/h15-16H,6-14H2,1-5H3,(H2,20,21,22). The van der Waals surface area contributed by atoms with Gasteiger partial charge in [0.2, 0.25) is 0 Å². The molecule has 2 rings (SSSR count). The summed E-state index contributed by atoms with van der Waals surface area (Å²) in [6.07, 6.45) is 5.86. The molecule has 1 aromatic rings. The van der Waals surface area contributed by atoms with Crippen LogP contribution < -0.4 is 10.6 Å². The summed E-state index contributed by atoms with van der Waals surface area (Å²) in [6, 6.07) is 1.16. The van der Waals surface area contributed by atoms with Crippen LogP contribution in [0, 0.1) is 0 Å². The van der Waals surface area contributed by atoms with Gasteiger partial charge in [0, 0.05) is 45.2 Å². The van der Waals surface area contributed by atoms with Crippen molar-refractivity contribution in [2.45, 2.75) is 85.0 Å². The molecule has 2 N–H and O–H groups in total. The molecule has 1 aliphatic heterocycles. The lowest BCUT2D eigenvalue weighted by molar-refractivity contribution is 0.173. The van der Waals surface area contributed by atoms with Gasteiger partial charge in [0.1, 0.15) is 5.82 Å². The second-order valence-corrected chi connectivity index (χ2v) is 7.63. The Morgan fingerprint density at radius 2 is 1.88 bits per heavy atom. The van der Waals surface area contributed by atoms with E-state index in [1.165, 1.54) is 19.3 Å². The molecule has 0 fully saturated rings. The van der Waals surface area contributed by atoms with Crippen LogP contribution >= 0.6 is 0 Å². The van der Waals surface area contributed by atoms with Crippen LogP contribution in [0.1, 0.15) is 65.0 Å². The number of hydrogen-bond donors (Lipinski definition) is 2. The second-order valence-electron chi connectivity index (χ2n) is 7.63. The van der Waals surface area contributed by atoms with Crippen molar-refractivity contribution in [3.63, 3.8) is 0 Å². The maximum absolute atomic E-state index is 4.37. The summed E-state index contributed by atoms with van der Waals surface area (Å²) in [5.74, 6) is 2.97. The molecule has 0 aromatic carbocycles. The maximum atomic E-state index is 4.37. The SMILES string of the molecule is CN=C(NCCCN(C(C)C)C(C)C)NCc1nnc2n1CCCCC2. The van der Waals surface area contributed by atoms with Crippen molar-refractivity contribution in [2.24, 2.45) is 4.99 Å². The molecule has 0 amide bonds. The first kappa shape index (κ1) is 20.7. The van der Waals surface area contributed by atoms with Crippen molar-refractivity contribution in [3.05, 3.63) is 11.6 Å². The molecule has 0 radical (unpaired) electrons. The van der Waals surface area contributed by atoms with Gasteiger partial charge in [0.05, 0.1) is 6.54 Å². The molecular formula is C19H37N7. The molecule has 2 heterocycles. The van der Waals surface area contributed by atoms with Crippen LogP contribution in [0.2, 0.25) is 0 Å². The number of aliphatic imine (C=N–C) groups is 1. The number of aromatic nitrogens is 3. The molecule has 0 spiro atoms. The highest BCUT2D eigenvalue weighted by molar-refractivity contribution is 5.79. The molecule has 148 valence electrons. The van der Waals surface area contributed by atoms with E-state index in [0.29, 0.717) is 18.6 Å². The predicted octanol–water partition coefficient (Wildman–Crippen LogP) is 2.18. The van der Waals surface area contributed by atoms with Gasteiger partial charge in [0.25, 0.3) is 0 Å². The quantitative estimate of drug-likeness (QED) is 0.421. The fourth-order valence-corrected chi connectivity index (χ4v) is 3.64. The van der Waals surface area contributed by atoms with E-state index in [-0.39, 0.29) is 0 Å². The zero-order valence-corrected chi connectivity index (χ0v) is 17.3. The number of fused-ring (bicyclic) bond motifs is 1. The summed E-state index contributed by atoms with van der Waals surface area (Å²) in [5.41, 5.74) is 0. The third kappa shape index (κ3) is 5.97. The molecule has 0 aliphatic carbocycles. The van der Waals surface area contributed by atoms with Crippen LogP contribution in [-0.2, 0) is 19.5 Å². The lowest BCUT2D eigenvalue weighted by atomic mass is 10.2. The smallest absolute Gasteiger partial charge is 0.191 e. The Balaban J connectivity index is 1.76. The summed E-state index contributed by atoms with van der Waals surface area (Å²) in [7, 11) is 1.81. The van der Waals surface area contributed by atoms with Gasteiger partial charge in [0.15, 0.2) is 11.8 Å². The fourth-order valence-electron chi connectivity index (χ4n) is 3.64. The largest absolute Gasteiger partial charge is 0.356 e. The van der Waals surface area contributed by atoms with Crippen molar-refractivity contribution in [1.82, 2.24) is 30.3 Å². The molecule has 0 bridgehead atoms. The number of guanidine groups is 1. The Morgan fingerprint density at radius 1 is 1.12 bits per heavy atom. The van der Waals surface area contributed by atoms with E-state index in [0.717, 1.165) is 50.1 Å². The van der Waals surface area contributed by atoms with Gasteiger partial charge >= 0.3 is 0 Å². The number of hydrogen-bond acceptors (Lipinski definition) is 4. The third-order valence-corrected chi connectivity index (χ3v) is 5.04. The van der Waals surface area contributed by atoms with Gasteiger partial charge in [-0.25, -0.2) is 0 Å². The van der Waals surface area contributed by atoms with Crippen LogP contribution in [0.15, 0.2) is 4.99 Å². The van der Waals surface area contributed by atoms with Crippen molar-refractivity contribution >= 4 is 5.96 Å². The van der Waals surface area contributed by atoms with E-state index >= 15 is 0 Å². The Hall–Kier alpha value is -1.63. The first-order valence-electron chi connectivity index (χ1n) is 10.1. The van der Waals surface area contributed by atoms with Crippen molar-refractivity contribution in [1.29, 1.82) is 0 Å². The van der Waals surface area contributed by atoms with Gasteiger partial charge < -0.3 is 15.2 Å². The second kappa shape index (κ2) is 10.5. The topological polar surface area (TPSA) is 70.4 Å². The molecule has 0 saturated carbocycles. The van der Waals surface area contributed by atoms with E-state index in [9.17, 15) is 0 Å². The minimum absolute atomic E-state index is 0.579. The molecule has 7 heteroatoms. The molecule has 1 aromatic heterocycles. The molecule has 0 saturated heterocycles. The average Bonchev–Trinajstić information content (AvgIpc) is 2.83. The van der Waals surface area contributed by atoms with Crippen LogP contribution in [0.3, 0.4) is 0 Å². The fraction of sp³-hybridized carbons (Fsp3) is 0.842. The van der Waals surface area contributed by atoms with E-state index in [2.05, 4.69) is 63.0 Å². The van der Waals surface area contributed by atoms with E-state index in [1.807, 2.05) is 7.05 Å². The van der Waals surface area contributed by atoms with Crippen LogP contribution in [0.25, 0.3) is 0 Å². The maximum Gasteiger partial charge on any atom is 0.191 e. The Morgan fingerprint density at radius 3 is 2.58 bits per heavy atom. The highest BCUT2D eigenvalue weighted by Crippen LogP contribution is 2.14. The normalized spacial score (nSPS) is 15.5. The average molecular weight is 364 g/mol. The van der Waals surface area contributed by atoms with E-state index < -0.39 is 0 Å². The number of aryl methyl sites for hydroxylation is 1. The summed E-state index contributed by atoms with van der Waals surface area (Å²) in [5, 5.41) is 15.5. The molecule has 7 nitrogen and oxygen atoms in total. The molecule has 0 atom stereocenters. The zero-order chi connectivity index (χ0) is 18.9. The summed E-state index contributed by atoms with van der Waals surface area (Å²) < 4.78 is 2.27. The number of nitrogens with one attached hydrogen (secondary N) is 2. The van der Waals surface area contributed by atoms with E-state index in [1.54, 1.807) is 0 Å². The highest BCUT2D eigenvalue weighted by Gasteiger charge is 2.15. The highest BCUT2D eigenvalue weighted by atomic mass is 15.3. The minimum Gasteiger partial charge on any atom is -0.356 e. The summed E-state index contributed by atoms with van der Waals surface area (Å²) >= 11 is 0. The minimum atomic E-state index is 0.579. The zero-order valence-electron chi connectivity index (χ0n) is 17.3. The number of nitrogens with zero attached hydrogens (tertiary/aromatic N) is 5. The molecule has 1 aliphatic rings. The van der Waals surface area contributed by atoms with Crippen LogP contribution in [0.5, 0.6) is 0 Å². The lowest BCUT2D eigenvalue weighted by Crippen LogP contribution is -2.41. The van der Waals surface area contributed by atoms with Crippen LogP contribution in [-0.4, -0.2) is 57.8 Å². The first-order chi connectivity index (χ1) is 12.5. The Bertz CT molecular complexity index is 554. The van der Waals surface area contributed by atoms with Crippen LogP contribution in [0.4, 0.5) is 0 Å². The molecule has 0 unspecified atom stereocenters. The molecule has 26 heavy (non-hydrogen) atoms. The Kier molecular flexibility index (Phi) is 8.35. The van der Waals surface area contributed by atoms with Crippen molar-refractivity contribution in [2.75, 3.05) is 20.1 Å². The lowest BCUT2D eigenvalue weighted by Gasteiger charge is -2.30. The van der Waals surface area contributed by atoms with Gasteiger partial charge in [-0.05, 0) is 47.0 Å². The van der Waals surface area contributed by atoms with Gasteiger partial charge in [-0.2, -0.15) is 0 Å². The van der Waals surface area contributed by atoms with E-state index in [4.69, 9.17) is 0 Å². The first-order valence-corrected chi connectivity index (χ1v) is 10.1. The van der Waals surface area contributed by atoms with Gasteiger partial charge in [-0.15, -0.1) is 10.2 Å². The molecular weight excluding hydrogens is 326 g/mol. The summed E-state index contributed by atoms with van der Waals surface area (Å²) in [4.78, 5) is 6.85. The number of rotatable bonds is 8. The monoisotopic (exact) mass is 363 g/mol. The third-order valence-electron chi connectivity index (χ3n) is 5.04. The van der Waals surface area contributed by atoms with Crippen molar-refractivity contribution < 1.29 is 0 Å². The Labute approximate surface area is 158 Å². The summed E-state index contributed by atoms with van der Waals surface area (Å²) in [6.45, 7) is 12.7. The van der Waals surface area contributed by atoms with Crippen molar-refractivity contribution in [3.8, 4) is 0 Å². The van der Waals surface area contributed by atoms with Gasteiger partial charge in [-0.3, -0.25) is 9.89 Å². The predicted molar refractivity (Wildman–Crippen MR) is 107 cm³/mol.